The summed E-state index contributed by atoms with van der Waals surface area (Å²) < 4.78 is 10.5. The Kier molecular flexibility index (Phi) is 5.28. The van der Waals surface area contributed by atoms with Gasteiger partial charge in [-0.1, -0.05) is 17.7 Å². The van der Waals surface area contributed by atoms with Crippen LogP contribution in [-0.4, -0.2) is 20.1 Å². The van der Waals surface area contributed by atoms with Crippen LogP contribution >= 0.6 is 11.6 Å². The van der Waals surface area contributed by atoms with Crippen molar-refractivity contribution in [3.63, 3.8) is 0 Å². The number of benzene rings is 2. The number of methoxy groups -OCH3 is 2. The molecule has 0 aliphatic carbocycles. The van der Waals surface area contributed by atoms with Crippen molar-refractivity contribution in [2.75, 3.05) is 19.5 Å². The Labute approximate surface area is 135 Å². The Morgan fingerprint density at radius 2 is 1.95 bits per heavy atom. The molecule has 0 radical (unpaired) electrons. The number of hydrogen-bond donors (Lipinski definition) is 1. The predicted octanol–water partition coefficient (Wildman–Crippen LogP) is 3.85. The smallest absolute Gasteiger partial charge is 0.228 e. The summed E-state index contributed by atoms with van der Waals surface area (Å²) in [6, 6.07) is 10.8. The van der Waals surface area contributed by atoms with Crippen LogP contribution in [0.2, 0.25) is 5.02 Å². The van der Waals surface area contributed by atoms with Crippen LogP contribution in [0.15, 0.2) is 36.4 Å². The first-order valence-corrected chi connectivity index (χ1v) is 7.18. The fourth-order valence-corrected chi connectivity index (χ4v) is 2.30. The molecule has 22 heavy (non-hydrogen) atoms. The number of hydrogen-bond acceptors (Lipinski definition) is 3. The van der Waals surface area contributed by atoms with E-state index in [-0.39, 0.29) is 12.3 Å². The van der Waals surface area contributed by atoms with Gasteiger partial charge in [0.1, 0.15) is 11.5 Å². The van der Waals surface area contributed by atoms with Crippen LogP contribution in [0.3, 0.4) is 0 Å². The van der Waals surface area contributed by atoms with Gasteiger partial charge in [-0.25, -0.2) is 0 Å². The SMILES string of the molecule is COc1ccc(OC)c(CC(=O)Nc2cccc(Cl)c2C)c1. The zero-order chi connectivity index (χ0) is 16.1. The molecule has 116 valence electrons. The van der Waals surface area contributed by atoms with Gasteiger partial charge in [0.2, 0.25) is 5.91 Å². The molecule has 0 saturated carbocycles. The van der Waals surface area contributed by atoms with Crippen molar-refractivity contribution in [1.29, 1.82) is 0 Å². The average Bonchev–Trinajstić information content (AvgIpc) is 2.51. The highest BCUT2D eigenvalue weighted by Crippen LogP contribution is 2.26. The van der Waals surface area contributed by atoms with E-state index < -0.39 is 0 Å². The molecular formula is C17H18ClNO3. The van der Waals surface area contributed by atoms with Crippen molar-refractivity contribution in [3.8, 4) is 11.5 Å². The number of halogens is 1. The highest BCUT2D eigenvalue weighted by Gasteiger charge is 2.12. The highest BCUT2D eigenvalue weighted by molar-refractivity contribution is 6.31. The van der Waals surface area contributed by atoms with Crippen LogP contribution in [0.5, 0.6) is 11.5 Å². The average molecular weight is 320 g/mol. The van der Waals surface area contributed by atoms with Crippen LogP contribution < -0.4 is 14.8 Å². The molecule has 4 nitrogen and oxygen atoms in total. The summed E-state index contributed by atoms with van der Waals surface area (Å²) in [6.07, 6.45) is 0.187. The molecule has 0 fully saturated rings. The molecule has 0 aliphatic rings. The van der Waals surface area contributed by atoms with Crippen LogP contribution in [0, 0.1) is 6.92 Å². The molecule has 2 rings (SSSR count). The number of carbonyl (C=O) groups is 1. The number of nitrogens with one attached hydrogen (secondary N) is 1. The van der Waals surface area contributed by atoms with Crippen LogP contribution in [0.4, 0.5) is 5.69 Å². The van der Waals surface area contributed by atoms with Gasteiger partial charge in [-0.3, -0.25) is 4.79 Å². The Bertz CT molecular complexity index is 686. The molecule has 0 saturated heterocycles. The minimum absolute atomic E-state index is 0.142. The Balaban J connectivity index is 2.16. The quantitative estimate of drug-likeness (QED) is 0.910. The largest absolute Gasteiger partial charge is 0.497 e. The van der Waals surface area contributed by atoms with Crippen molar-refractivity contribution in [3.05, 3.63) is 52.5 Å². The molecule has 0 heterocycles. The van der Waals surface area contributed by atoms with Gasteiger partial charge in [-0.05, 0) is 42.8 Å². The van der Waals surface area contributed by atoms with E-state index in [0.717, 1.165) is 11.1 Å². The summed E-state index contributed by atoms with van der Waals surface area (Å²) in [4.78, 5) is 12.3. The van der Waals surface area contributed by atoms with E-state index in [2.05, 4.69) is 5.32 Å². The Morgan fingerprint density at radius 3 is 2.64 bits per heavy atom. The van der Waals surface area contributed by atoms with E-state index in [4.69, 9.17) is 21.1 Å². The monoisotopic (exact) mass is 319 g/mol. The van der Waals surface area contributed by atoms with Gasteiger partial charge in [0.15, 0.2) is 0 Å². The first-order chi connectivity index (χ1) is 10.5. The first kappa shape index (κ1) is 16.2. The zero-order valence-corrected chi connectivity index (χ0v) is 13.5. The highest BCUT2D eigenvalue weighted by atomic mass is 35.5. The van der Waals surface area contributed by atoms with Crippen LogP contribution in [0.1, 0.15) is 11.1 Å². The third-order valence-corrected chi connectivity index (χ3v) is 3.79. The first-order valence-electron chi connectivity index (χ1n) is 6.81. The molecule has 0 aromatic heterocycles. The second-order valence-corrected chi connectivity index (χ2v) is 5.22. The standard InChI is InChI=1S/C17H18ClNO3/c1-11-14(18)5-4-6-15(11)19-17(20)10-12-9-13(21-2)7-8-16(12)22-3/h4-9H,10H2,1-3H3,(H,19,20). The second-order valence-electron chi connectivity index (χ2n) is 4.82. The van der Waals surface area contributed by atoms with Crippen molar-refractivity contribution < 1.29 is 14.3 Å². The number of amides is 1. The minimum atomic E-state index is -0.142. The number of rotatable bonds is 5. The predicted molar refractivity (Wildman–Crippen MR) is 88.1 cm³/mol. The van der Waals surface area contributed by atoms with Crippen molar-refractivity contribution in [2.45, 2.75) is 13.3 Å². The van der Waals surface area contributed by atoms with E-state index in [1.54, 1.807) is 44.6 Å². The summed E-state index contributed by atoms with van der Waals surface area (Å²) in [7, 11) is 3.16. The van der Waals surface area contributed by atoms with Crippen molar-refractivity contribution >= 4 is 23.2 Å². The van der Waals surface area contributed by atoms with Crippen molar-refractivity contribution in [1.82, 2.24) is 0 Å². The zero-order valence-electron chi connectivity index (χ0n) is 12.8. The van der Waals surface area contributed by atoms with E-state index in [1.807, 2.05) is 13.0 Å². The molecule has 1 amide bonds. The fraction of sp³-hybridized carbons (Fsp3) is 0.235. The molecule has 1 N–H and O–H groups in total. The lowest BCUT2D eigenvalue weighted by Crippen LogP contribution is -2.15. The van der Waals surface area contributed by atoms with Gasteiger partial charge in [-0.15, -0.1) is 0 Å². The molecule has 0 spiro atoms. The van der Waals surface area contributed by atoms with Crippen LogP contribution in [-0.2, 0) is 11.2 Å². The lowest BCUT2D eigenvalue weighted by atomic mass is 10.1. The minimum Gasteiger partial charge on any atom is -0.497 e. The summed E-state index contributed by atoms with van der Waals surface area (Å²) in [5.41, 5.74) is 2.31. The maximum atomic E-state index is 12.3. The number of ether oxygens (including phenoxy) is 2. The number of anilines is 1. The molecule has 2 aromatic rings. The molecule has 0 unspecified atom stereocenters. The van der Waals surface area contributed by atoms with Gasteiger partial charge in [0, 0.05) is 16.3 Å². The molecular weight excluding hydrogens is 302 g/mol. The van der Waals surface area contributed by atoms with E-state index >= 15 is 0 Å². The topological polar surface area (TPSA) is 47.6 Å². The lowest BCUT2D eigenvalue weighted by molar-refractivity contribution is -0.115. The van der Waals surface area contributed by atoms with Gasteiger partial charge < -0.3 is 14.8 Å². The summed E-state index contributed by atoms with van der Waals surface area (Å²) in [6.45, 7) is 1.87. The fourth-order valence-electron chi connectivity index (χ4n) is 2.13. The lowest BCUT2D eigenvalue weighted by Gasteiger charge is -2.12. The third kappa shape index (κ3) is 3.71. The van der Waals surface area contributed by atoms with E-state index in [1.165, 1.54) is 0 Å². The van der Waals surface area contributed by atoms with Crippen molar-refractivity contribution in [2.24, 2.45) is 0 Å². The van der Waals surface area contributed by atoms with E-state index in [0.29, 0.717) is 22.2 Å². The van der Waals surface area contributed by atoms with E-state index in [9.17, 15) is 4.79 Å². The maximum absolute atomic E-state index is 12.3. The molecule has 0 bridgehead atoms. The second kappa shape index (κ2) is 7.18. The Morgan fingerprint density at radius 1 is 1.18 bits per heavy atom. The molecule has 0 atom stereocenters. The molecule has 5 heteroatoms. The third-order valence-electron chi connectivity index (χ3n) is 3.38. The summed E-state index contributed by atoms with van der Waals surface area (Å²) >= 11 is 6.06. The molecule has 2 aromatic carbocycles. The maximum Gasteiger partial charge on any atom is 0.228 e. The number of carbonyl (C=O) groups excluding carboxylic acids is 1. The van der Waals surface area contributed by atoms with Gasteiger partial charge in [0.05, 0.1) is 20.6 Å². The Hall–Kier alpha value is -2.20. The summed E-state index contributed by atoms with van der Waals surface area (Å²) in [5, 5.41) is 3.49. The summed E-state index contributed by atoms with van der Waals surface area (Å²) in [5.74, 6) is 1.19. The molecule has 0 aliphatic heterocycles. The van der Waals surface area contributed by atoms with Gasteiger partial charge in [0.25, 0.3) is 0 Å². The van der Waals surface area contributed by atoms with Crippen LogP contribution in [0.25, 0.3) is 0 Å². The van der Waals surface area contributed by atoms with Gasteiger partial charge in [-0.2, -0.15) is 0 Å². The normalized spacial score (nSPS) is 10.2. The van der Waals surface area contributed by atoms with Gasteiger partial charge >= 0.3 is 0 Å².